The van der Waals surface area contributed by atoms with Crippen molar-refractivity contribution in [3.63, 3.8) is 0 Å². The fourth-order valence-corrected chi connectivity index (χ4v) is 4.06. The fourth-order valence-electron chi connectivity index (χ4n) is 4.06. The number of carbonyl (C=O) groups is 1. The van der Waals surface area contributed by atoms with Crippen LogP contribution in [0.1, 0.15) is 52.5 Å². The number of amides is 1. The minimum absolute atomic E-state index is 0.225. The van der Waals surface area contributed by atoms with Gasteiger partial charge in [0.05, 0.1) is 6.42 Å². The van der Waals surface area contributed by atoms with Crippen LogP contribution in [0.2, 0.25) is 0 Å². The largest absolute Gasteiger partial charge is 0.345 e. The second-order valence-corrected chi connectivity index (χ2v) is 8.74. The summed E-state index contributed by atoms with van der Waals surface area (Å²) in [6, 6.07) is 10.7. The Hall–Kier alpha value is -1.35. The van der Waals surface area contributed by atoms with Gasteiger partial charge in [0.15, 0.2) is 0 Å². The van der Waals surface area contributed by atoms with E-state index in [-0.39, 0.29) is 11.3 Å². The standard InChI is InChI=1S/C22H36N2O/c1-18(2)15-19(3)24-13-11-22(4,12-14-24)17-23(5)21(25)16-20-9-7-6-8-10-20/h6-10,18-19H,11-17H2,1-5H3. The monoisotopic (exact) mass is 344 g/mol. The average molecular weight is 345 g/mol. The first-order chi connectivity index (χ1) is 11.8. The van der Waals surface area contributed by atoms with Gasteiger partial charge in [-0.05, 0) is 56.2 Å². The van der Waals surface area contributed by atoms with Crippen LogP contribution in [0, 0.1) is 11.3 Å². The van der Waals surface area contributed by atoms with Gasteiger partial charge in [-0.2, -0.15) is 0 Å². The van der Waals surface area contributed by atoms with Crippen molar-refractivity contribution in [2.24, 2.45) is 11.3 Å². The maximum Gasteiger partial charge on any atom is 0.226 e. The number of rotatable bonds is 7. The van der Waals surface area contributed by atoms with E-state index in [1.54, 1.807) is 0 Å². The summed E-state index contributed by atoms with van der Waals surface area (Å²) >= 11 is 0. The Morgan fingerprint density at radius 2 is 1.76 bits per heavy atom. The zero-order valence-electron chi connectivity index (χ0n) is 16.8. The third kappa shape index (κ3) is 6.14. The van der Waals surface area contributed by atoms with Crippen LogP contribution in [0.15, 0.2) is 30.3 Å². The van der Waals surface area contributed by atoms with Crippen molar-refractivity contribution in [1.82, 2.24) is 9.80 Å². The Labute approximate surface area is 154 Å². The molecule has 3 nitrogen and oxygen atoms in total. The van der Waals surface area contributed by atoms with Gasteiger partial charge < -0.3 is 9.80 Å². The Balaban J connectivity index is 1.82. The molecule has 0 bridgehead atoms. The Bertz CT molecular complexity index is 532. The maximum atomic E-state index is 12.5. The molecule has 140 valence electrons. The van der Waals surface area contributed by atoms with E-state index in [1.165, 1.54) is 19.3 Å². The second-order valence-electron chi connectivity index (χ2n) is 8.74. The highest BCUT2D eigenvalue weighted by molar-refractivity contribution is 5.78. The SMILES string of the molecule is CC(C)CC(C)N1CCC(C)(CN(C)C(=O)Cc2ccccc2)CC1. The van der Waals surface area contributed by atoms with Gasteiger partial charge in [-0.1, -0.05) is 51.1 Å². The molecule has 0 saturated carbocycles. The van der Waals surface area contributed by atoms with E-state index in [0.29, 0.717) is 12.5 Å². The molecule has 2 rings (SSSR count). The molecule has 25 heavy (non-hydrogen) atoms. The van der Waals surface area contributed by atoms with E-state index < -0.39 is 0 Å². The molecule has 0 spiro atoms. The summed E-state index contributed by atoms with van der Waals surface area (Å²) in [5, 5.41) is 0. The van der Waals surface area contributed by atoms with Crippen LogP contribution in [-0.4, -0.2) is 48.4 Å². The molecule has 3 heteroatoms. The van der Waals surface area contributed by atoms with E-state index in [4.69, 9.17) is 0 Å². The number of nitrogens with zero attached hydrogens (tertiary/aromatic N) is 2. The van der Waals surface area contributed by atoms with Gasteiger partial charge in [-0.15, -0.1) is 0 Å². The summed E-state index contributed by atoms with van der Waals surface area (Å²) in [6.45, 7) is 12.5. The minimum atomic E-state index is 0.225. The Morgan fingerprint density at radius 1 is 1.16 bits per heavy atom. The molecule has 1 amide bonds. The van der Waals surface area contributed by atoms with Gasteiger partial charge in [0.25, 0.3) is 0 Å². The highest BCUT2D eigenvalue weighted by atomic mass is 16.2. The molecule has 1 aromatic rings. The van der Waals surface area contributed by atoms with E-state index in [2.05, 4.69) is 32.6 Å². The van der Waals surface area contributed by atoms with Crippen LogP contribution < -0.4 is 0 Å². The number of likely N-dealkylation sites (N-methyl/N-ethyl adjacent to an activating group) is 1. The van der Waals surface area contributed by atoms with E-state index in [1.807, 2.05) is 42.3 Å². The highest BCUT2D eigenvalue weighted by Crippen LogP contribution is 2.33. The number of likely N-dealkylation sites (tertiary alicyclic amines) is 1. The smallest absolute Gasteiger partial charge is 0.226 e. The lowest BCUT2D eigenvalue weighted by Gasteiger charge is -2.43. The van der Waals surface area contributed by atoms with E-state index in [9.17, 15) is 4.79 Å². The molecule has 0 N–H and O–H groups in total. The molecule has 1 aliphatic heterocycles. The molecule has 0 radical (unpaired) electrons. The zero-order chi connectivity index (χ0) is 18.4. The van der Waals surface area contributed by atoms with Crippen molar-refractivity contribution >= 4 is 5.91 Å². The van der Waals surface area contributed by atoms with Crippen molar-refractivity contribution in [2.45, 2.75) is 59.4 Å². The lowest BCUT2D eigenvalue weighted by atomic mass is 9.79. The van der Waals surface area contributed by atoms with Crippen molar-refractivity contribution in [2.75, 3.05) is 26.7 Å². The molecular weight excluding hydrogens is 308 g/mol. The first-order valence-corrected chi connectivity index (χ1v) is 9.81. The van der Waals surface area contributed by atoms with Crippen LogP contribution in [-0.2, 0) is 11.2 Å². The summed E-state index contributed by atoms with van der Waals surface area (Å²) in [5.41, 5.74) is 1.34. The highest BCUT2D eigenvalue weighted by Gasteiger charge is 2.33. The van der Waals surface area contributed by atoms with Gasteiger partial charge >= 0.3 is 0 Å². The van der Waals surface area contributed by atoms with Crippen LogP contribution in [0.3, 0.4) is 0 Å². The van der Waals surface area contributed by atoms with Gasteiger partial charge in [0.1, 0.15) is 0 Å². The molecule has 0 aromatic heterocycles. The topological polar surface area (TPSA) is 23.6 Å². The van der Waals surface area contributed by atoms with Crippen LogP contribution in [0.4, 0.5) is 0 Å². The summed E-state index contributed by atoms with van der Waals surface area (Å²) in [4.78, 5) is 17.1. The molecule has 1 fully saturated rings. The average Bonchev–Trinajstić information content (AvgIpc) is 2.55. The summed E-state index contributed by atoms with van der Waals surface area (Å²) in [7, 11) is 1.96. The zero-order valence-corrected chi connectivity index (χ0v) is 16.8. The van der Waals surface area contributed by atoms with Gasteiger partial charge in [0, 0.05) is 19.6 Å². The molecule has 1 atom stereocenters. The number of carbonyl (C=O) groups excluding carboxylic acids is 1. The van der Waals surface area contributed by atoms with Crippen molar-refractivity contribution < 1.29 is 4.79 Å². The van der Waals surface area contributed by atoms with E-state index in [0.717, 1.165) is 31.1 Å². The number of benzene rings is 1. The molecular formula is C22H36N2O. The number of piperidine rings is 1. The van der Waals surface area contributed by atoms with E-state index >= 15 is 0 Å². The lowest BCUT2D eigenvalue weighted by Crippen LogP contribution is -2.48. The van der Waals surface area contributed by atoms with Crippen LogP contribution >= 0.6 is 0 Å². The lowest BCUT2D eigenvalue weighted by molar-refractivity contribution is -0.131. The summed E-state index contributed by atoms with van der Waals surface area (Å²) < 4.78 is 0. The fraction of sp³-hybridized carbons (Fsp3) is 0.682. The van der Waals surface area contributed by atoms with Gasteiger partial charge in [-0.3, -0.25) is 4.79 Å². The first kappa shape index (κ1) is 20.0. The third-order valence-corrected chi connectivity index (χ3v) is 5.68. The molecule has 0 aliphatic carbocycles. The summed E-state index contributed by atoms with van der Waals surface area (Å²) in [6.07, 6.45) is 4.13. The number of hydrogen-bond acceptors (Lipinski definition) is 2. The molecule has 1 unspecified atom stereocenters. The predicted molar refractivity (Wildman–Crippen MR) is 106 cm³/mol. The molecule has 1 aromatic carbocycles. The Morgan fingerprint density at radius 3 is 2.32 bits per heavy atom. The van der Waals surface area contributed by atoms with Crippen molar-refractivity contribution in [3.8, 4) is 0 Å². The predicted octanol–water partition coefficient (Wildman–Crippen LogP) is 4.22. The van der Waals surface area contributed by atoms with Gasteiger partial charge in [-0.25, -0.2) is 0 Å². The quantitative estimate of drug-likeness (QED) is 0.739. The first-order valence-electron chi connectivity index (χ1n) is 9.81. The molecule has 1 saturated heterocycles. The molecule has 1 aliphatic rings. The number of hydrogen-bond donors (Lipinski definition) is 0. The van der Waals surface area contributed by atoms with Crippen molar-refractivity contribution in [1.29, 1.82) is 0 Å². The van der Waals surface area contributed by atoms with Crippen LogP contribution in [0.25, 0.3) is 0 Å². The van der Waals surface area contributed by atoms with Gasteiger partial charge in [0.2, 0.25) is 5.91 Å². The Kier molecular flexibility index (Phi) is 7.06. The van der Waals surface area contributed by atoms with Crippen molar-refractivity contribution in [3.05, 3.63) is 35.9 Å². The minimum Gasteiger partial charge on any atom is -0.345 e. The van der Waals surface area contributed by atoms with Crippen LogP contribution in [0.5, 0.6) is 0 Å². The summed E-state index contributed by atoms with van der Waals surface area (Å²) in [5.74, 6) is 0.980. The second kappa shape index (κ2) is 8.84. The normalized spacial score (nSPS) is 19.0. The molecule has 1 heterocycles. The maximum absolute atomic E-state index is 12.5. The third-order valence-electron chi connectivity index (χ3n) is 5.68.